The SMILES string of the molecule is COc1cc(-c2nnc3n2CCCC3n2cnc3cc(C(F)(F)F)ccc32)ccc1-c1cnc(C)o1. The molecule has 4 heterocycles. The first kappa shape index (κ1) is 22.3. The van der Waals surface area contributed by atoms with Gasteiger partial charge in [-0.2, -0.15) is 13.2 Å². The largest absolute Gasteiger partial charge is 0.496 e. The second kappa shape index (κ2) is 8.21. The van der Waals surface area contributed by atoms with Gasteiger partial charge in [0.15, 0.2) is 23.3 Å². The predicted molar refractivity (Wildman–Crippen MR) is 124 cm³/mol. The van der Waals surface area contributed by atoms with E-state index in [4.69, 9.17) is 9.15 Å². The number of imidazole rings is 1. The van der Waals surface area contributed by atoms with Crippen molar-refractivity contribution >= 4 is 11.0 Å². The first-order valence-electron chi connectivity index (χ1n) is 11.4. The third kappa shape index (κ3) is 3.62. The lowest BCUT2D eigenvalue weighted by Crippen LogP contribution is -2.22. The number of ether oxygens (including phenoxy) is 1. The van der Waals surface area contributed by atoms with Crippen molar-refractivity contribution in [2.24, 2.45) is 0 Å². The quantitative estimate of drug-likeness (QED) is 0.320. The highest BCUT2D eigenvalue weighted by molar-refractivity contribution is 5.77. The van der Waals surface area contributed by atoms with Crippen LogP contribution in [0.3, 0.4) is 0 Å². The molecule has 0 radical (unpaired) electrons. The van der Waals surface area contributed by atoms with Crippen LogP contribution >= 0.6 is 0 Å². The van der Waals surface area contributed by atoms with E-state index in [2.05, 4.69) is 24.7 Å². The van der Waals surface area contributed by atoms with E-state index in [0.29, 0.717) is 34.3 Å². The van der Waals surface area contributed by atoms with Gasteiger partial charge in [0.05, 0.1) is 47.8 Å². The smallest absolute Gasteiger partial charge is 0.416 e. The molecule has 1 aliphatic rings. The average molecular weight is 494 g/mol. The molecule has 1 aliphatic heterocycles. The van der Waals surface area contributed by atoms with Crippen molar-refractivity contribution in [1.82, 2.24) is 29.3 Å². The zero-order valence-corrected chi connectivity index (χ0v) is 19.5. The van der Waals surface area contributed by atoms with Crippen molar-refractivity contribution in [3.8, 4) is 28.5 Å². The van der Waals surface area contributed by atoms with Crippen molar-refractivity contribution < 1.29 is 22.3 Å². The summed E-state index contributed by atoms with van der Waals surface area (Å²) in [6, 6.07) is 9.16. The number of halogens is 3. The maximum atomic E-state index is 13.1. The molecule has 184 valence electrons. The van der Waals surface area contributed by atoms with Gasteiger partial charge in [0.25, 0.3) is 0 Å². The highest BCUT2D eigenvalue weighted by Crippen LogP contribution is 2.38. The number of fused-ring (bicyclic) bond motifs is 2. The molecule has 0 saturated heterocycles. The van der Waals surface area contributed by atoms with Gasteiger partial charge < -0.3 is 18.3 Å². The predicted octanol–water partition coefficient (Wildman–Crippen LogP) is 5.67. The molecular weight excluding hydrogens is 473 g/mol. The molecule has 0 spiro atoms. The van der Waals surface area contributed by atoms with E-state index in [9.17, 15) is 13.2 Å². The normalized spacial score (nSPS) is 15.9. The minimum Gasteiger partial charge on any atom is -0.496 e. The molecule has 2 aromatic carbocycles. The van der Waals surface area contributed by atoms with E-state index in [1.54, 1.807) is 26.6 Å². The number of benzene rings is 2. The Morgan fingerprint density at radius 2 is 1.94 bits per heavy atom. The van der Waals surface area contributed by atoms with Gasteiger partial charge in [0.2, 0.25) is 0 Å². The van der Waals surface area contributed by atoms with E-state index in [0.717, 1.165) is 48.5 Å². The number of nitrogens with zero attached hydrogens (tertiary/aromatic N) is 6. The molecule has 5 aromatic rings. The zero-order valence-electron chi connectivity index (χ0n) is 19.5. The van der Waals surface area contributed by atoms with Crippen LogP contribution in [-0.2, 0) is 12.7 Å². The summed E-state index contributed by atoms with van der Waals surface area (Å²) in [6.07, 6.45) is 0.453. The topological polar surface area (TPSA) is 83.8 Å². The maximum Gasteiger partial charge on any atom is 0.416 e. The van der Waals surface area contributed by atoms with Gasteiger partial charge in [-0.1, -0.05) is 6.07 Å². The molecule has 1 unspecified atom stereocenters. The Bertz CT molecular complexity index is 1580. The van der Waals surface area contributed by atoms with Gasteiger partial charge in [-0.25, -0.2) is 9.97 Å². The number of alkyl halides is 3. The highest BCUT2D eigenvalue weighted by Gasteiger charge is 2.32. The first-order valence-corrected chi connectivity index (χ1v) is 11.4. The van der Waals surface area contributed by atoms with Crippen LogP contribution in [0.1, 0.15) is 36.2 Å². The molecule has 0 saturated carbocycles. The number of aryl methyl sites for hydroxylation is 1. The van der Waals surface area contributed by atoms with Crippen molar-refractivity contribution in [1.29, 1.82) is 0 Å². The molecule has 0 fully saturated rings. The van der Waals surface area contributed by atoms with Crippen molar-refractivity contribution in [2.75, 3.05) is 7.11 Å². The highest BCUT2D eigenvalue weighted by atomic mass is 19.4. The number of hydrogen-bond donors (Lipinski definition) is 0. The number of methoxy groups -OCH3 is 1. The van der Waals surface area contributed by atoms with Crippen molar-refractivity contribution in [3.63, 3.8) is 0 Å². The van der Waals surface area contributed by atoms with E-state index < -0.39 is 11.7 Å². The van der Waals surface area contributed by atoms with Gasteiger partial charge in [0.1, 0.15) is 5.75 Å². The van der Waals surface area contributed by atoms with E-state index >= 15 is 0 Å². The Labute approximate surface area is 203 Å². The molecule has 0 amide bonds. The zero-order chi connectivity index (χ0) is 25.0. The van der Waals surface area contributed by atoms with E-state index in [1.807, 2.05) is 22.8 Å². The fraction of sp³-hybridized carbons (Fsp3) is 0.280. The fourth-order valence-electron chi connectivity index (χ4n) is 4.81. The summed E-state index contributed by atoms with van der Waals surface area (Å²) in [5, 5.41) is 8.96. The van der Waals surface area contributed by atoms with Crippen LogP contribution in [-0.4, -0.2) is 36.4 Å². The monoisotopic (exact) mass is 494 g/mol. The molecular formula is C25H21F3N6O2. The van der Waals surface area contributed by atoms with Gasteiger partial charge in [-0.3, -0.25) is 0 Å². The van der Waals surface area contributed by atoms with Gasteiger partial charge >= 0.3 is 6.18 Å². The number of rotatable bonds is 4. The summed E-state index contributed by atoms with van der Waals surface area (Å²) in [6.45, 7) is 2.51. The molecule has 0 aliphatic carbocycles. The summed E-state index contributed by atoms with van der Waals surface area (Å²) < 4.78 is 54.6. The van der Waals surface area contributed by atoms with E-state index in [-0.39, 0.29) is 6.04 Å². The Hall–Kier alpha value is -4.15. The minimum atomic E-state index is -4.42. The minimum absolute atomic E-state index is 0.194. The van der Waals surface area contributed by atoms with Gasteiger partial charge in [-0.15, -0.1) is 10.2 Å². The molecule has 6 rings (SSSR count). The lowest BCUT2D eigenvalue weighted by atomic mass is 10.0. The second-order valence-electron chi connectivity index (χ2n) is 8.70. The Morgan fingerprint density at radius 3 is 2.69 bits per heavy atom. The van der Waals surface area contributed by atoms with Crippen LogP contribution in [0.2, 0.25) is 0 Å². The third-order valence-electron chi connectivity index (χ3n) is 6.52. The molecule has 8 nitrogen and oxygen atoms in total. The van der Waals surface area contributed by atoms with Crippen molar-refractivity contribution in [2.45, 2.75) is 38.5 Å². The molecule has 3 aromatic heterocycles. The summed E-state index contributed by atoms with van der Waals surface area (Å²) >= 11 is 0. The summed E-state index contributed by atoms with van der Waals surface area (Å²) in [5.74, 6) is 3.23. The van der Waals surface area contributed by atoms with Crippen LogP contribution in [0.4, 0.5) is 13.2 Å². The second-order valence-corrected chi connectivity index (χ2v) is 8.70. The van der Waals surface area contributed by atoms with Crippen LogP contribution in [0.25, 0.3) is 33.7 Å². The van der Waals surface area contributed by atoms with Crippen LogP contribution in [0.15, 0.2) is 53.3 Å². The van der Waals surface area contributed by atoms with Gasteiger partial charge in [-0.05, 0) is 43.2 Å². The average Bonchev–Trinajstić information content (AvgIpc) is 3.60. The lowest BCUT2D eigenvalue weighted by molar-refractivity contribution is -0.137. The number of aromatic nitrogens is 6. The first-order chi connectivity index (χ1) is 17.3. The van der Waals surface area contributed by atoms with Crippen LogP contribution in [0, 0.1) is 6.92 Å². The molecule has 36 heavy (non-hydrogen) atoms. The standard InChI is InChI=1S/C25H21F3N6O2/c1-14-29-12-22(36-14)17-7-5-15(10-21(17)35-2)23-31-32-24-20(4-3-9-33(23)24)34-13-30-18-11-16(25(26,27)28)6-8-19(18)34/h5-8,10-13,20H,3-4,9H2,1-2H3. The lowest BCUT2D eigenvalue weighted by Gasteiger charge is -2.25. The Kier molecular flexibility index (Phi) is 5.09. The maximum absolute atomic E-state index is 13.1. The van der Waals surface area contributed by atoms with E-state index in [1.165, 1.54) is 6.07 Å². The number of oxazole rings is 1. The summed E-state index contributed by atoms with van der Waals surface area (Å²) in [7, 11) is 1.59. The number of hydrogen-bond acceptors (Lipinski definition) is 6. The molecule has 0 bridgehead atoms. The summed E-state index contributed by atoms with van der Waals surface area (Å²) in [4.78, 5) is 8.40. The third-order valence-corrected chi connectivity index (χ3v) is 6.52. The van der Waals surface area contributed by atoms with Crippen LogP contribution < -0.4 is 4.74 Å². The molecule has 0 N–H and O–H groups in total. The Balaban J connectivity index is 1.38. The fourth-order valence-corrected chi connectivity index (χ4v) is 4.81. The molecule has 11 heteroatoms. The van der Waals surface area contributed by atoms with Crippen LogP contribution in [0.5, 0.6) is 5.75 Å². The summed E-state index contributed by atoms with van der Waals surface area (Å²) in [5.41, 5.74) is 1.81. The Morgan fingerprint density at radius 1 is 1.08 bits per heavy atom. The van der Waals surface area contributed by atoms with Crippen molar-refractivity contribution in [3.05, 3.63) is 66.2 Å². The van der Waals surface area contributed by atoms with Gasteiger partial charge in [0, 0.05) is 19.0 Å². The molecule has 1 atom stereocenters.